The van der Waals surface area contributed by atoms with Crippen LogP contribution >= 0.6 is 0 Å². The SMILES string of the molecule is CN(C(=O)c1cc2c(cc1F)nc(N)c1cncn12)[C@H]1COc2cc(OC(F)(F)F)ccc21. The Hall–Kier alpha value is -4.09. The number of hydrogen-bond acceptors (Lipinski definition) is 6. The number of benzene rings is 2. The number of anilines is 1. The molecule has 2 aromatic carbocycles. The topological polar surface area (TPSA) is 95.0 Å². The summed E-state index contributed by atoms with van der Waals surface area (Å²) in [6.07, 6.45) is -1.86. The number of rotatable bonds is 3. The first-order chi connectivity index (χ1) is 15.6. The highest BCUT2D eigenvalue weighted by atomic mass is 19.4. The molecule has 1 amide bonds. The zero-order valence-electron chi connectivity index (χ0n) is 16.9. The van der Waals surface area contributed by atoms with E-state index in [4.69, 9.17) is 10.5 Å². The quantitative estimate of drug-likeness (QED) is 0.468. The Morgan fingerprint density at radius 1 is 1.27 bits per heavy atom. The van der Waals surface area contributed by atoms with Gasteiger partial charge in [-0.15, -0.1) is 13.2 Å². The van der Waals surface area contributed by atoms with Gasteiger partial charge in [-0.1, -0.05) is 0 Å². The highest BCUT2D eigenvalue weighted by Crippen LogP contribution is 2.39. The number of nitrogen functional groups attached to an aromatic ring is 1. The zero-order valence-corrected chi connectivity index (χ0v) is 16.9. The predicted molar refractivity (Wildman–Crippen MR) is 108 cm³/mol. The van der Waals surface area contributed by atoms with Gasteiger partial charge in [0.15, 0.2) is 0 Å². The van der Waals surface area contributed by atoms with Crippen LogP contribution in [0.2, 0.25) is 0 Å². The number of nitrogens with zero attached hydrogens (tertiary/aromatic N) is 4. The average Bonchev–Trinajstić information content (AvgIpc) is 3.39. The van der Waals surface area contributed by atoms with Crippen LogP contribution in [0.3, 0.4) is 0 Å². The summed E-state index contributed by atoms with van der Waals surface area (Å²) in [4.78, 5) is 22.6. The lowest BCUT2D eigenvalue weighted by molar-refractivity contribution is -0.274. The van der Waals surface area contributed by atoms with Crippen molar-refractivity contribution in [2.45, 2.75) is 12.4 Å². The number of aromatic nitrogens is 3. The van der Waals surface area contributed by atoms with Gasteiger partial charge < -0.3 is 20.1 Å². The normalized spacial score (nSPS) is 15.5. The van der Waals surface area contributed by atoms with Gasteiger partial charge in [-0.2, -0.15) is 0 Å². The molecule has 0 bridgehead atoms. The number of alkyl halides is 3. The first kappa shape index (κ1) is 20.8. The second kappa shape index (κ2) is 7.22. The Kier molecular flexibility index (Phi) is 4.55. The Morgan fingerprint density at radius 3 is 2.82 bits per heavy atom. The van der Waals surface area contributed by atoms with E-state index in [0.717, 1.165) is 18.2 Å². The van der Waals surface area contributed by atoms with Crippen LogP contribution in [0.4, 0.5) is 23.4 Å². The molecule has 1 aliphatic rings. The fourth-order valence-corrected chi connectivity index (χ4v) is 3.88. The molecule has 2 N–H and O–H groups in total. The van der Waals surface area contributed by atoms with Gasteiger partial charge in [-0.05, 0) is 18.2 Å². The maximum Gasteiger partial charge on any atom is 0.573 e. The third-order valence-electron chi connectivity index (χ3n) is 5.46. The van der Waals surface area contributed by atoms with E-state index in [1.807, 2.05) is 0 Å². The van der Waals surface area contributed by atoms with E-state index in [1.54, 1.807) is 4.40 Å². The summed E-state index contributed by atoms with van der Waals surface area (Å²) in [5, 5.41) is 0. The van der Waals surface area contributed by atoms with Crippen LogP contribution in [-0.4, -0.2) is 45.2 Å². The number of nitrogens with two attached hydrogens (primary N) is 1. The zero-order chi connectivity index (χ0) is 23.5. The molecule has 0 radical (unpaired) electrons. The van der Waals surface area contributed by atoms with E-state index in [1.165, 1.54) is 36.6 Å². The highest BCUT2D eigenvalue weighted by Gasteiger charge is 2.35. The molecule has 8 nitrogen and oxygen atoms in total. The molecule has 0 saturated heterocycles. The van der Waals surface area contributed by atoms with Gasteiger partial charge in [0.05, 0.1) is 35.2 Å². The number of carbonyl (C=O) groups is 1. The van der Waals surface area contributed by atoms with Gasteiger partial charge in [-0.25, -0.2) is 14.4 Å². The smallest absolute Gasteiger partial charge is 0.491 e. The summed E-state index contributed by atoms with van der Waals surface area (Å²) in [6, 6.07) is 5.46. The third-order valence-corrected chi connectivity index (χ3v) is 5.46. The first-order valence-corrected chi connectivity index (χ1v) is 9.63. The Morgan fingerprint density at radius 2 is 2.06 bits per heavy atom. The molecule has 4 aromatic rings. The van der Waals surface area contributed by atoms with Crippen LogP contribution < -0.4 is 15.2 Å². The van der Waals surface area contributed by atoms with Crippen LogP contribution in [0.25, 0.3) is 16.6 Å². The number of imidazole rings is 1. The maximum atomic E-state index is 14.9. The minimum atomic E-state index is -4.84. The maximum absolute atomic E-state index is 14.9. The molecule has 12 heteroatoms. The minimum absolute atomic E-state index is 0.00784. The van der Waals surface area contributed by atoms with Gasteiger partial charge in [0, 0.05) is 24.7 Å². The Balaban J connectivity index is 1.48. The van der Waals surface area contributed by atoms with Crippen molar-refractivity contribution in [1.82, 2.24) is 19.3 Å². The molecule has 2 aromatic heterocycles. The Bertz CT molecular complexity index is 1420. The van der Waals surface area contributed by atoms with E-state index in [2.05, 4.69) is 14.7 Å². The summed E-state index contributed by atoms with van der Waals surface area (Å²) in [6.45, 7) is -0.00784. The van der Waals surface area contributed by atoms with Crippen molar-refractivity contribution in [3.05, 3.63) is 59.8 Å². The predicted octanol–water partition coefficient (Wildman–Crippen LogP) is 3.71. The molecule has 0 unspecified atom stereocenters. The van der Waals surface area contributed by atoms with Crippen molar-refractivity contribution >= 4 is 28.3 Å². The molecule has 1 atom stereocenters. The van der Waals surface area contributed by atoms with Crippen LogP contribution in [-0.2, 0) is 0 Å². The third kappa shape index (κ3) is 3.52. The number of amides is 1. The number of hydrogen-bond donors (Lipinski definition) is 1. The van der Waals surface area contributed by atoms with Crippen molar-refractivity contribution in [2.24, 2.45) is 0 Å². The van der Waals surface area contributed by atoms with Gasteiger partial charge >= 0.3 is 6.36 Å². The molecule has 3 heterocycles. The summed E-state index contributed by atoms with van der Waals surface area (Å²) < 4.78 is 63.3. The number of ether oxygens (including phenoxy) is 2. The fraction of sp³-hybridized carbons (Fsp3) is 0.190. The van der Waals surface area contributed by atoms with E-state index in [0.29, 0.717) is 16.6 Å². The molecule has 0 aliphatic carbocycles. The molecular weight excluding hydrogens is 446 g/mol. The van der Waals surface area contributed by atoms with Gasteiger partial charge in [0.25, 0.3) is 5.91 Å². The highest BCUT2D eigenvalue weighted by molar-refractivity contribution is 5.98. The van der Waals surface area contributed by atoms with Crippen molar-refractivity contribution < 1.29 is 31.8 Å². The number of carbonyl (C=O) groups excluding carboxylic acids is 1. The lowest BCUT2D eigenvalue weighted by Gasteiger charge is -2.24. The molecule has 33 heavy (non-hydrogen) atoms. The lowest BCUT2D eigenvalue weighted by Crippen LogP contribution is -2.32. The monoisotopic (exact) mass is 461 g/mol. The van der Waals surface area contributed by atoms with E-state index in [-0.39, 0.29) is 29.3 Å². The van der Waals surface area contributed by atoms with Crippen molar-refractivity contribution in [3.8, 4) is 11.5 Å². The van der Waals surface area contributed by atoms with Gasteiger partial charge in [-0.3, -0.25) is 9.20 Å². The van der Waals surface area contributed by atoms with Crippen molar-refractivity contribution in [2.75, 3.05) is 19.4 Å². The van der Waals surface area contributed by atoms with Crippen LogP contribution in [0.15, 0.2) is 42.9 Å². The summed E-state index contributed by atoms with van der Waals surface area (Å²) in [5.74, 6) is -1.55. The molecule has 5 rings (SSSR count). The fourth-order valence-electron chi connectivity index (χ4n) is 3.88. The molecule has 0 saturated carbocycles. The van der Waals surface area contributed by atoms with Gasteiger partial charge in [0.2, 0.25) is 0 Å². The van der Waals surface area contributed by atoms with Crippen molar-refractivity contribution in [3.63, 3.8) is 0 Å². The first-order valence-electron chi connectivity index (χ1n) is 9.63. The molecule has 0 spiro atoms. The van der Waals surface area contributed by atoms with Crippen LogP contribution in [0.5, 0.6) is 11.5 Å². The van der Waals surface area contributed by atoms with Crippen LogP contribution in [0, 0.1) is 5.82 Å². The molecular formula is C21H15F4N5O3. The van der Waals surface area contributed by atoms with E-state index in [9.17, 15) is 22.4 Å². The second-order valence-electron chi connectivity index (χ2n) is 7.46. The largest absolute Gasteiger partial charge is 0.573 e. The lowest BCUT2D eigenvalue weighted by atomic mass is 10.1. The number of halogens is 4. The standard InChI is InChI=1S/C21H15F4N5O3/c1-29(17-8-32-18-4-10(2-3-11(17)18)33-21(23,24)25)20(31)12-5-15-14(6-13(12)22)28-19(26)16-7-27-9-30(15)16/h2-7,9,17H,8H2,1H3,(H2,26,28)/t17-/m0/s1. The van der Waals surface area contributed by atoms with E-state index < -0.39 is 29.9 Å². The van der Waals surface area contributed by atoms with Crippen LogP contribution in [0.1, 0.15) is 22.0 Å². The van der Waals surface area contributed by atoms with Gasteiger partial charge in [0.1, 0.15) is 35.3 Å². The summed E-state index contributed by atoms with van der Waals surface area (Å²) >= 11 is 0. The summed E-state index contributed by atoms with van der Waals surface area (Å²) in [5.41, 5.74) is 7.35. The summed E-state index contributed by atoms with van der Waals surface area (Å²) in [7, 11) is 1.46. The van der Waals surface area contributed by atoms with Crippen molar-refractivity contribution in [1.29, 1.82) is 0 Å². The average molecular weight is 461 g/mol. The molecule has 170 valence electrons. The number of fused-ring (bicyclic) bond motifs is 4. The number of likely N-dealkylation sites (N-methyl/N-ethyl adjacent to an activating group) is 1. The second-order valence-corrected chi connectivity index (χ2v) is 7.46. The molecule has 0 fully saturated rings. The Labute approximate surface area is 183 Å². The minimum Gasteiger partial charge on any atom is -0.491 e. The molecule has 1 aliphatic heterocycles. The van der Waals surface area contributed by atoms with E-state index >= 15 is 0 Å².